The zero-order valence-corrected chi connectivity index (χ0v) is 14.7. The fourth-order valence-corrected chi connectivity index (χ4v) is 2.34. The normalized spacial score (nSPS) is 10.6. The van der Waals surface area contributed by atoms with Crippen LogP contribution in [0.3, 0.4) is 0 Å². The number of amides is 1. The SMILES string of the molecule is O=C([O-])c1ccc(COc2ccccc2/C=N\NC(=O)c2cccnc2)cc1. The van der Waals surface area contributed by atoms with Crippen molar-refractivity contribution in [1.82, 2.24) is 10.4 Å². The van der Waals surface area contributed by atoms with Gasteiger partial charge in [0.2, 0.25) is 0 Å². The van der Waals surface area contributed by atoms with Crippen LogP contribution < -0.4 is 15.3 Å². The van der Waals surface area contributed by atoms with Crippen molar-refractivity contribution in [2.45, 2.75) is 6.61 Å². The second-order valence-corrected chi connectivity index (χ2v) is 5.75. The number of ether oxygens (including phenoxy) is 1. The summed E-state index contributed by atoms with van der Waals surface area (Å²) in [4.78, 5) is 26.6. The third kappa shape index (κ3) is 5.01. The van der Waals surface area contributed by atoms with Gasteiger partial charge in [-0.3, -0.25) is 9.78 Å². The molecule has 0 aliphatic rings. The van der Waals surface area contributed by atoms with Crippen molar-refractivity contribution in [1.29, 1.82) is 0 Å². The molecule has 3 aromatic rings. The van der Waals surface area contributed by atoms with Crippen LogP contribution in [0.4, 0.5) is 0 Å². The summed E-state index contributed by atoms with van der Waals surface area (Å²) in [6, 6.07) is 16.8. The van der Waals surface area contributed by atoms with Crippen LogP contribution in [0.25, 0.3) is 0 Å². The van der Waals surface area contributed by atoms with Gasteiger partial charge in [0.05, 0.1) is 17.7 Å². The van der Waals surface area contributed by atoms with Crippen LogP contribution in [0.1, 0.15) is 31.8 Å². The van der Waals surface area contributed by atoms with E-state index < -0.39 is 5.97 Å². The minimum absolute atomic E-state index is 0.112. The summed E-state index contributed by atoms with van der Waals surface area (Å²) in [5.74, 6) is -1.01. The van der Waals surface area contributed by atoms with Gasteiger partial charge in [0.15, 0.2) is 0 Å². The van der Waals surface area contributed by atoms with E-state index in [-0.39, 0.29) is 18.1 Å². The molecule has 7 nitrogen and oxygen atoms in total. The third-order valence-electron chi connectivity index (χ3n) is 3.80. The number of pyridine rings is 1. The van der Waals surface area contributed by atoms with E-state index in [0.717, 1.165) is 5.56 Å². The Hall–Kier alpha value is -4.00. The topological polar surface area (TPSA) is 104 Å². The summed E-state index contributed by atoms with van der Waals surface area (Å²) in [7, 11) is 0. The standard InChI is InChI=1S/C21H17N3O4/c25-20(18-5-3-11-22-12-18)24-23-13-17-4-1-2-6-19(17)28-14-15-7-9-16(10-8-15)21(26)27/h1-13H,14H2,(H,24,25)(H,26,27)/p-1/b23-13-. The first kappa shape index (κ1) is 18.8. The molecule has 1 aromatic heterocycles. The number of carbonyl (C=O) groups excluding carboxylic acids is 2. The molecule has 0 saturated carbocycles. The molecule has 0 unspecified atom stereocenters. The van der Waals surface area contributed by atoms with E-state index in [9.17, 15) is 14.7 Å². The first-order chi connectivity index (χ1) is 13.6. The van der Waals surface area contributed by atoms with Crippen LogP contribution >= 0.6 is 0 Å². The molecule has 0 bridgehead atoms. The lowest BCUT2D eigenvalue weighted by atomic mass is 10.1. The highest BCUT2D eigenvalue weighted by Gasteiger charge is 2.04. The van der Waals surface area contributed by atoms with E-state index in [0.29, 0.717) is 16.9 Å². The average molecular weight is 374 g/mol. The van der Waals surface area contributed by atoms with Gasteiger partial charge in [-0.25, -0.2) is 5.43 Å². The molecule has 0 saturated heterocycles. The zero-order chi connectivity index (χ0) is 19.8. The van der Waals surface area contributed by atoms with Crippen molar-refractivity contribution in [2.24, 2.45) is 5.10 Å². The minimum atomic E-state index is -1.22. The van der Waals surface area contributed by atoms with Gasteiger partial charge in [-0.2, -0.15) is 5.10 Å². The lowest BCUT2D eigenvalue weighted by molar-refractivity contribution is -0.255. The number of nitrogens with zero attached hydrogens (tertiary/aromatic N) is 2. The van der Waals surface area contributed by atoms with E-state index in [1.807, 2.05) is 12.1 Å². The Balaban J connectivity index is 1.62. The van der Waals surface area contributed by atoms with Gasteiger partial charge in [0, 0.05) is 18.0 Å². The smallest absolute Gasteiger partial charge is 0.272 e. The van der Waals surface area contributed by atoms with E-state index in [4.69, 9.17) is 4.74 Å². The van der Waals surface area contributed by atoms with Gasteiger partial charge in [-0.15, -0.1) is 0 Å². The number of rotatable bonds is 7. The maximum Gasteiger partial charge on any atom is 0.272 e. The van der Waals surface area contributed by atoms with Crippen LogP contribution in [0, 0.1) is 0 Å². The number of aromatic nitrogens is 1. The molecule has 1 amide bonds. The van der Waals surface area contributed by atoms with Crippen LogP contribution in [0.5, 0.6) is 5.75 Å². The lowest BCUT2D eigenvalue weighted by Gasteiger charge is -2.10. The fraction of sp³-hybridized carbons (Fsp3) is 0.0476. The summed E-state index contributed by atoms with van der Waals surface area (Å²) in [5, 5.41) is 14.7. The number of para-hydroxylation sites is 1. The number of aromatic carboxylic acids is 1. The number of nitrogens with one attached hydrogen (secondary N) is 1. The molecular formula is C21H16N3O4-. The van der Waals surface area contributed by atoms with Gasteiger partial charge >= 0.3 is 0 Å². The molecule has 0 aliphatic heterocycles. The van der Waals surface area contributed by atoms with E-state index in [1.54, 1.807) is 42.6 Å². The summed E-state index contributed by atoms with van der Waals surface area (Å²) in [6.07, 6.45) is 4.52. The largest absolute Gasteiger partial charge is 0.545 e. The molecule has 0 fully saturated rings. The van der Waals surface area contributed by atoms with Crippen molar-refractivity contribution in [3.8, 4) is 5.75 Å². The number of benzene rings is 2. The highest BCUT2D eigenvalue weighted by molar-refractivity contribution is 5.94. The molecule has 2 aromatic carbocycles. The monoisotopic (exact) mass is 374 g/mol. The Morgan fingerprint density at radius 1 is 1.04 bits per heavy atom. The number of hydrogen-bond donors (Lipinski definition) is 1. The molecule has 0 aliphatic carbocycles. The second kappa shape index (κ2) is 9.09. The quantitative estimate of drug-likeness (QED) is 0.502. The molecule has 1 N–H and O–H groups in total. The number of carboxylic acids is 1. The molecule has 1 heterocycles. The maximum absolute atomic E-state index is 12.0. The third-order valence-corrected chi connectivity index (χ3v) is 3.80. The Kier molecular flexibility index (Phi) is 6.10. The number of hydrazone groups is 1. The van der Waals surface area contributed by atoms with Gasteiger partial charge in [0.1, 0.15) is 12.4 Å². The molecule has 0 radical (unpaired) electrons. The lowest BCUT2D eigenvalue weighted by Crippen LogP contribution is -2.22. The Morgan fingerprint density at radius 3 is 2.54 bits per heavy atom. The van der Waals surface area contributed by atoms with Crippen LogP contribution in [-0.4, -0.2) is 23.1 Å². The van der Waals surface area contributed by atoms with Gasteiger partial charge in [-0.05, 0) is 35.4 Å². The molecular weight excluding hydrogens is 358 g/mol. The van der Waals surface area contributed by atoms with Crippen molar-refractivity contribution < 1.29 is 19.4 Å². The van der Waals surface area contributed by atoms with Crippen LogP contribution in [0.15, 0.2) is 78.2 Å². The van der Waals surface area contributed by atoms with Gasteiger partial charge in [-0.1, -0.05) is 36.4 Å². The predicted octanol–water partition coefficient (Wildman–Crippen LogP) is 1.79. The van der Waals surface area contributed by atoms with E-state index >= 15 is 0 Å². The Bertz CT molecular complexity index is 986. The summed E-state index contributed by atoms with van der Waals surface area (Å²) in [6.45, 7) is 0.250. The highest BCUT2D eigenvalue weighted by atomic mass is 16.5. The van der Waals surface area contributed by atoms with Gasteiger partial charge < -0.3 is 14.6 Å². The minimum Gasteiger partial charge on any atom is -0.545 e. The molecule has 140 valence electrons. The summed E-state index contributed by atoms with van der Waals surface area (Å²) < 4.78 is 5.79. The number of carboxylic acid groups (broad SMARTS) is 1. The number of hydrogen-bond acceptors (Lipinski definition) is 6. The van der Waals surface area contributed by atoms with Crippen LogP contribution in [0.2, 0.25) is 0 Å². The van der Waals surface area contributed by atoms with E-state index in [1.165, 1.54) is 24.5 Å². The highest BCUT2D eigenvalue weighted by Crippen LogP contribution is 2.18. The van der Waals surface area contributed by atoms with Crippen molar-refractivity contribution >= 4 is 18.1 Å². The first-order valence-corrected chi connectivity index (χ1v) is 8.39. The fourth-order valence-electron chi connectivity index (χ4n) is 2.34. The average Bonchev–Trinajstić information content (AvgIpc) is 2.74. The molecule has 3 rings (SSSR count). The Morgan fingerprint density at radius 2 is 1.82 bits per heavy atom. The summed E-state index contributed by atoms with van der Waals surface area (Å²) >= 11 is 0. The predicted molar refractivity (Wildman–Crippen MR) is 101 cm³/mol. The zero-order valence-electron chi connectivity index (χ0n) is 14.7. The summed E-state index contributed by atoms with van der Waals surface area (Å²) in [5.41, 5.74) is 4.44. The number of carbonyl (C=O) groups is 2. The van der Waals surface area contributed by atoms with Crippen molar-refractivity contribution in [2.75, 3.05) is 0 Å². The maximum atomic E-state index is 12.0. The van der Waals surface area contributed by atoms with Crippen molar-refractivity contribution in [3.63, 3.8) is 0 Å². The molecule has 0 spiro atoms. The van der Waals surface area contributed by atoms with Gasteiger partial charge in [0.25, 0.3) is 5.91 Å². The first-order valence-electron chi connectivity index (χ1n) is 8.39. The second-order valence-electron chi connectivity index (χ2n) is 5.75. The van der Waals surface area contributed by atoms with Crippen LogP contribution in [-0.2, 0) is 6.61 Å². The van der Waals surface area contributed by atoms with Crippen molar-refractivity contribution in [3.05, 3.63) is 95.3 Å². The molecule has 28 heavy (non-hydrogen) atoms. The molecule has 7 heteroatoms. The Labute approximate surface area is 161 Å². The molecule has 0 atom stereocenters. The van der Waals surface area contributed by atoms with E-state index in [2.05, 4.69) is 15.5 Å².